The van der Waals surface area contributed by atoms with Crippen LogP contribution in [-0.4, -0.2) is 53.9 Å². The lowest BCUT2D eigenvalue weighted by molar-refractivity contribution is -0.142. The van der Waals surface area contributed by atoms with Gasteiger partial charge in [-0.3, -0.25) is 9.59 Å². The summed E-state index contributed by atoms with van der Waals surface area (Å²) in [5.41, 5.74) is 2.05. The molecule has 2 heterocycles. The number of fused-ring (bicyclic) bond motifs is 2. The fraction of sp³-hybridized carbons (Fsp3) is 0.385. The number of halogens is 1. The van der Waals surface area contributed by atoms with Crippen molar-refractivity contribution in [2.75, 3.05) is 25.5 Å². The second-order valence-electron chi connectivity index (χ2n) is 9.41. The maximum absolute atomic E-state index is 13.9. The lowest BCUT2D eigenvalue weighted by Crippen LogP contribution is -2.44. The molecule has 9 nitrogen and oxygen atoms in total. The molecule has 2 aromatic carbocycles. The number of imide groups is 1. The number of nitrogens with one attached hydrogen (secondary N) is 2. The third-order valence-corrected chi connectivity index (χ3v) is 7.31. The van der Waals surface area contributed by atoms with Gasteiger partial charge in [0.25, 0.3) is 5.91 Å². The van der Waals surface area contributed by atoms with Crippen LogP contribution in [0.25, 0.3) is 0 Å². The van der Waals surface area contributed by atoms with E-state index in [1.165, 1.54) is 19.2 Å². The first-order valence-corrected chi connectivity index (χ1v) is 12.0. The highest BCUT2D eigenvalue weighted by atomic mass is 19.1. The molecule has 2 fully saturated rings. The Bertz CT molecular complexity index is 1280. The molecule has 2 atom stereocenters. The molecule has 2 saturated heterocycles. The molecule has 0 unspecified atom stereocenters. The van der Waals surface area contributed by atoms with Gasteiger partial charge >= 0.3 is 12.1 Å². The van der Waals surface area contributed by atoms with Gasteiger partial charge in [-0.15, -0.1) is 0 Å². The van der Waals surface area contributed by atoms with Crippen LogP contribution in [0.4, 0.5) is 19.7 Å². The second kappa shape index (κ2) is 8.92. The number of hydrogen-bond donors (Lipinski definition) is 2. The topological polar surface area (TPSA) is 108 Å². The van der Waals surface area contributed by atoms with Gasteiger partial charge in [0.05, 0.1) is 6.04 Å². The highest BCUT2D eigenvalue weighted by Crippen LogP contribution is 2.46. The lowest BCUT2D eigenvalue weighted by Gasteiger charge is -2.27. The quantitative estimate of drug-likeness (QED) is 0.678. The summed E-state index contributed by atoms with van der Waals surface area (Å²) in [6, 6.07) is 8.90. The molecule has 2 aromatic rings. The predicted octanol–water partition coefficient (Wildman–Crippen LogP) is 3.37. The summed E-state index contributed by atoms with van der Waals surface area (Å²) in [5, 5.41) is 5.16. The molecule has 36 heavy (non-hydrogen) atoms. The molecule has 5 rings (SSSR count). The van der Waals surface area contributed by atoms with Gasteiger partial charge in [0, 0.05) is 31.3 Å². The lowest BCUT2D eigenvalue weighted by atomic mass is 9.94. The van der Waals surface area contributed by atoms with Crippen molar-refractivity contribution < 1.29 is 28.3 Å². The SMILES string of the molecule is CNC(=O)Nc1ccc2c(c1)CC[C@@]21OC(=O)N(CC(=O)N2CCC[C@H]2c2cc(F)ccc2C)C1=O. The standard InChI is InChI=1S/C26H27FN4O5/c1-15-5-6-17(27)13-19(15)21-4-3-11-30(21)22(32)14-31-23(33)26(36-25(31)35)10-9-16-12-18(7-8-20(16)26)29-24(34)28-2/h5-8,12-13,21H,3-4,9-11,14H2,1-2H3,(H2,28,29,34)/t21-,26+/m0/s1. The first-order chi connectivity index (χ1) is 17.2. The van der Waals surface area contributed by atoms with Gasteiger partial charge in [-0.25, -0.2) is 18.9 Å². The molecule has 10 heteroatoms. The molecule has 188 valence electrons. The van der Waals surface area contributed by atoms with Crippen LogP contribution in [-0.2, 0) is 26.3 Å². The van der Waals surface area contributed by atoms with Crippen LogP contribution in [0, 0.1) is 12.7 Å². The van der Waals surface area contributed by atoms with Crippen molar-refractivity contribution in [2.24, 2.45) is 0 Å². The average Bonchev–Trinajstić information content (AvgIpc) is 3.54. The van der Waals surface area contributed by atoms with Gasteiger partial charge in [0.1, 0.15) is 12.4 Å². The smallest absolute Gasteiger partial charge is 0.418 e. The van der Waals surface area contributed by atoms with Gasteiger partial charge in [0.2, 0.25) is 11.5 Å². The maximum atomic E-state index is 13.9. The van der Waals surface area contributed by atoms with E-state index in [9.17, 15) is 23.6 Å². The molecule has 0 radical (unpaired) electrons. The number of carbonyl (C=O) groups excluding carboxylic acids is 4. The molecule has 1 aliphatic carbocycles. The summed E-state index contributed by atoms with van der Waals surface area (Å²) >= 11 is 0. The molecule has 0 bridgehead atoms. The molecule has 0 aromatic heterocycles. The Morgan fingerprint density at radius 1 is 1.19 bits per heavy atom. The zero-order chi connectivity index (χ0) is 25.6. The second-order valence-corrected chi connectivity index (χ2v) is 9.41. The normalized spacial score (nSPS) is 22.7. The van der Waals surface area contributed by atoms with Crippen molar-refractivity contribution in [1.29, 1.82) is 0 Å². The van der Waals surface area contributed by atoms with E-state index in [2.05, 4.69) is 10.6 Å². The number of benzene rings is 2. The van der Waals surface area contributed by atoms with Crippen molar-refractivity contribution in [3.63, 3.8) is 0 Å². The zero-order valence-electron chi connectivity index (χ0n) is 20.1. The minimum absolute atomic E-state index is 0.260. The molecule has 3 aliphatic rings. The number of hydrogen-bond acceptors (Lipinski definition) is 5. The van der Waals surface area contributed by atoms with E-state index in [-0.39, 0.29) is 30.2 Å². The molecular formula is C26H27FN4O5. The number of urea groups is 1. The number of ether oxygens (including phenoxy) is 1. The van der Waals surface area contributed by atoms with Crippen molar-refractivity contribution >= 4 is 29.6 Å². The Morgan fingerprint density at radius 3 is 2.78 bits per heavy atom. The Labute approximate surface area is 207 Å². The Morgan fingerprint density at radius 2 is 2.00 bits per heavy atom. The van der Waals surface area contributed by atoms with Crippen LogP contribution in [0.5, 0.6) is 0 Å². The van der Waals surface area contributed by atoms with Gasteiger partial charge in [0.15, 0.2) is 0 Å². The number of carbonyl (C=O) groups is 4. The van der Waals surface area contributed by atoms with Crippen molar-refractivity contribution in [3.05, 3.63) is 64.5 Å². The highest BCUT2D eigenvalue weighted by Gasteiger charge is 2.58. The van der Waals surface area contributed by atoms with E-state index < -0.39 is 24.1 Å². The Kier molecular flexibility index (Phi) is 5.89. The highest BCUT2D eigenvalue weighted by molar-refractivity contribution is 6.06. The van der Waals surface area contributed by atoms with Crippen LogP contribution < -0.4 is 10.6 Å². The number of likely N-dealkylation sites (tertiary alicyclic amines) is 1. The molecule has 2 aliphatic heterocycles. The van der Waals surface area contributed by atoms with Crippen LogP contribution >= 0.6 is 0 Å². The number of rotatable bonds is 4. The van der Waals surface area contributed by atoms with E-state index >= 15 is 0 Å². The minimum atomic E-state index is -1.47. The number of aryl methyl sites for hydroxylation is 2. The first kappa shape index (κ1) is 23.8. The number of nitrogens with zero attached hydrogens (tertiary/aromatic N) is 2. The van der Waals surface area contributed by atoms with Gasteiger partial charge in [-0.1, -0.05) is 12.1 Å². The van der Waals surface area contributed by atoms with Gasteiger partial charge in [-0.2, -0.15) is 0 Å². The average molecular weight is 495 g/mol. The molecule has 2 N–H and O–H groups in total. The molecule has 0 saturated carbocycles. The van der Waals surface area contributed by atoms with Crippen molar-refractivity contribution in [1.82, 2.24) is 15.1 Å². The van der Waals surface area contributed by atoms with E-state index in [0.29, 0.717) is 30.6 Å². The summed E-state index contributed by atoms with van der Waals surface area (Å²) in [4.78, 5) is 53.7. The summed E-state index contributed by atoms with van der Waals surface area (Å²) < 4.78 is 19.5. The number of amides is 5. The Hall–Kier alpha value is -3.95. The number of anilines is 1. The summed E-state index contributed by atoms with van der Waals surface area (Å²) in [7, 11) is 1.51. The van der Waals surface area contributed by atoms with E-state index in [1.807, 2.05) is 6.92 Å². The van der Waals surface area contributed by atoms with E-state index in [4.69, 9.17) is 4.74 Å². The third kappa shape index (κ3) is 3.86. The maximum Gasteiger partial charge on any atom is 0.418 e. The molecular weight excluding hydrogens is 467 g/mol. The predicted molar refractivity (Wildman–Crippen MR) is 128 cm³/mol. The zero-order valence-corrected chi connectivity index (χ0v) is 20.1. The van der Waals surface area contributed by atoms with Crippen LogP contribution in [0.2, 0.25) is 0 Å². The van der Waals surface area contributed by atoms with Gasteiger partial charge < -0.3 is 20.3 Å². The van der Waals surface area contributed by atoms with Crippen LogP contribution in [0.15, 0.2) is 36.4 Å². The summed E-state index contributed by atoms with van der Waals surface area (Å²) in [6.07, 6.45) is 1.31. The largest absolute Gasteiger partial charge is 0.427 e. The Balaban J connectivity index is 1.35. The van der Waals surface area contributed by atoms with E-state index in [1.54, 1.807) is 29.2 Å². The fourth-order valence-corrected chi connectivity index (χ4v) is 5.51. The third-order valence-electron chi connectivity index (χ3n) is 7.31. The van der Waals surface area contributed by atoms with E-state index in [0.717, 1.165) is 28.0 Å². The van der Waals surface area contributed by atoms with Crippen molar-refractivity contribution in [2.45, 2.75) is 44.2 Å². The monoisotopic (exact) mass is 494 g/mol. The summed E-state index contributed by atoms with van der Waals surface area (Å²) in [5.74, 6) is -1.32. The fourth-order valence-electron chi connectivity index (χ4n) is 5.51. The summed E-state index contributed by atoms with van der Waals surface area (Å²) in [6.45, 7) is 1.90. The van der Waals surface area contributed by atoms with Gasteiger partial charge in [-0.05, 0) is 67.1 Å². The van der Waals surface area contributed by atoms with Crippen LogP contribution in [0.1, 0.15) is 47.6 Å². The van der Waals surface area contributed by atoms with Crippen LogP contribution in [0.3, 0.4) is 0 Å². The molecule has 5 amide bonds. The first-order valence-electron chi connectivity index (χ1n) is 12.0. The van der Waals surface area contributed by atoms with Crippen molar-refractivity contribution in [3.8, 4) is 0 Å². The molecule has 1 spiro atoms. The minimum Gasteiger partial charge on any atom is -0.427 e.